The SMILES string of the molecule is CCN(CC(=O)O)C(=O)CCC1CCCCC1. The van der Waals surface area contributed by atoms with E-state index in [1.54, 1.807) is 0 Å². The topological polar surface area (TPSA) is 57.6 Å². The van der Waals surface area contributed by atoms with Crippen LogP contribution >= 0.6 is 0 Å². The molecule has 0 atom stereocenters. The lowest BCUT2D eigenvalue weighted by molar-refractivity contribution is -0.144. The van der Waals surface area contributed by atoms with Gasteiger partial charge >= 0.3 is 5.97 Å². The van der Waals surface area contributed by atoms with E-state index in [9.17, 15) is 9.59 Å². The van der Waals surface area contributed by atoms with Gasteiger partial charge in [0, 0.05) is 13.0 Å². The highest BCUT2D eigenvalue weighted by Gasteiger charge is 2.18. The Bertz CT molecular complexity index is 259. The van der Waals surface area contributed by atoms with E-state index >= 15 is 0 Å². The number of likely N-dealkylation sites (N-methyl/N-ethyl adjacent to an activating group) is 1. The Morgan fingerprint density at radius 3 is 2.41 bits per heavy atom. The zero-order valence-corrected chi connectivity index (χ0v) is 10.7. The van der Waals surface area contributed by atoms with Crippen LogP contribution in [0.4, 0.5) is 0 Å². The normalized spacial score (nSPS) is 16.8. The lowest BCUT2D eigenvalue weighted by atomic mass is 9.86. The molecular weight excluding hydrogens is 218 g/mol. The van der Waals surface area contributed by atoms with Crippen LogP contribution in [0.5, 0.6) is 0 Å². The van der Waals surface area contributed by atoms with Gasteiger partial charge in [0.05, 0.1) is 0 Å². The van der Waals surface area contributed by atoms with Crippen molar-refractivity contribution in [2.75, 3.05) is 13.1 Å². The molecule has 0 heterocycles. The molecule has 0 aromatic rings. The van der Waals surface area contributed by atoms with E-state index in [0.717, 1.165) is 6.42 Å². The highest BCUT2D eigenvalue weighted by atomic mass is 16.4. The summed E-state index contributed by atoms with van der Waals surface area (Å²) in [5, 5.41) is 8.69. The Morgan fingerprint density at radius 1 is 1.24 bits per heavy atom. The third kappa shape index (κ3) is 5.20. The Kier molecular flexibility index (Phi) is 6.01. The Hall–Kier alpha value is -1.06. The molecule has 0 unspecified atom stereocenters. The molecule has 1 aliphatic carbocycles. The smallest absolute Gasteiger partial charge is 0.323 e. The second-order valence-corrected chi connectivity index (χ2v) is 4.84. The van der Waals surface area contributed by atoms with Crippen molar-refractivity contribution in [2.24, 2.45) is 5.92 Å². The average Bonchev–Trinajstić information content (AvgIpc) is 2.34. The maximum atomic E-state index is 11.8. The number of amides is 1. The van der Waals surface area contributed by atoms with Crippen LogP contribution < -0.4 is 0 Å². The third-order valence-electron chi connectivity index (χ3n) is 3.55. The highest BCUT2D eigenvalue weighted by Crippen LogP contribution is 2.27. The number of hydrogen-bond acceptors (Lipinski definition) is 2. The Morgan fingerprint density at radius 2 is 1.88 bits per heavy atom. The lowest BCUT2D eigenvalue weighted by Crippen LogP contribution is -2.35. The summed E-state index contributed by atoms with van der Waals surface area (Å²) in [6.07, 6.45) is 7.79. The van der Waals surface area contributed by atoms with Crippen molar-refractivity contribution in [2.45, 2.75) is 51.9 Å². The minimum absolute atomic E-state index is 0.0135. The third-order valence-corrected chi connectivity index (χ3v) is 3.55. The molecule has 1 amide bonds. The largest absolute Gasteiger partial charge is 0.480 e. The maximum Gasteiger partial charge on any atom is 0.323 e. The van der Waals surface area contributed by atoms with E-state index in [2.05, 4.69) is 0 Å². The van der Waals surface area contributed by atoms with E-state index in [1.165, 1.54) is 37.0 Å². The van der Waals surface area contributed by atoms with Gasteiger partial charge in [-0.05, 0) is 19.3 Å². The summed E-state index contributed by atoms with van der Waals surface area (Å²) in [4.78, 5) is 23.8. The van der Waals surface area contributed by atoms with E-state index in [-0.39, 0.29) is 12.5 Å². The summed E-state index contributed by atoms with van der Waals surface area (Å²) in [7, 11) is 0. The molecule has 0 saturated heterocycles. The minimum atomic E-state index is -0.933. The molecule has 98 valence electrons. The van der Waals surface area contributed by atoms with Crippen LogP contribution in [0, 0.1) is 5.92 Å². The molecular formula is C13H23NO3. The van der Waals surface area contributed by atoms with Crippen LogP contribution in [0.1, 0.15) is 51.9 Å². The Labute approximate surface area is 103 Å². The van der Waals surface area contributed by atoms with Crippen molar-refractivity contribution < 1.29 is 14.7 Å². The van der Waals surface area contributed by atoms with Crippen LogP contribution in [0.25, 0.3) is 0 Å². The molecule has 1 aliphatic rings. The molecule has 1 N–H and O–H groups in total. The number of carboxylic acid groups (broad SMARTS) is 1. The van der Waals surface area contributed by atoms with E-state index in [1.807, 2.05) is 6.92 Å². The quantitative estimate of drug-likeness (QED) is 0.776. The van der Waals surface area contributed by atoms with Crippen molar-refractivity contribution in [1.82, 2.24) is 4.90 Å². The van der Waals surface area contributed by atoms with Crippen LogP contribution in [-0.4, -0.2) is 35.0 Å². The minimum Gasteiger partial charge on any atom is -0.480 e. The van der Waals surface area contributed by atoms with Gasteiger partial charge in [0.1, 0.15) is 6.54 Å². The van der Waals surface area contributed by atoms with Crippen molar-refractivity contribution in [3.05, 3.63) is 0 Å². The number of carbonyl (C=O) groups excluding carboxylic acids is 1. The second-order valence-electron chi connectivity index (χ2n) is 4.84. The molecule has 0 bridgehead atoms. The monoisotopic (exact) mass is 241 g/mol. The summed E-state index contributed by atoms with van der Waals surface area (Å²) in [6.45, 7) is 2.14. The zero-order chi connectivity index (χ0) is 12.7. The van der Waals surface area contributed by atoms with Crippen LogP contribution in [0.15, 0.2) is 0 Å². The molecule has 1 fully saturated rings. The molecule has 4 nitrogen and oxygen atoms in total. The Balaban J connectivity index is 2.28. The second kappa shape index (κ2) is 7.30. The number of rotatable bonds is 6. The van der Waals surface area contributed by atoms with Gasteiger partial charge in [-0.3, -0.25) is 9.59 Å². The van der Waals surface area contributed by atoms with Crippen molar-refractivity contribution in [3.63, 3.8) is 0 Å². The summed E-state index contributed by atoms with van der Waals surface area (Å²) in [5.74, 6) is -0.269. The summed E-state index contributed by atoms with van der Waals surface area (Å²) in [6, 6.07) is 0. The van der Waals surface area contributed by atoms with Gasteiger partial charge in [-0.15, -0.1) is 0 Å². The van der Waals surface area contributed by atoms with Crippen molar-refractivity contribution >= 4 is 11.9 Å². The maximum absolute atomic E-state index is 11.8. The molecule has 1 saturated carbocycles. The van der Waals surface area contributed by atoms with Gasteiger partial charge in [0.25, 0.3) is 0 Å². The van der Waals surface area contributed by atoms with E-state index in [0.29, 0.717) is 18.9 Å². The summed E-state index contributed by atoms with van der Waals surface area (Å²) < 4.78 is 0. The molecule has 0 radical (unpaired) electrons. The number of carboxylic acids is 1. The average molecular weight is 241 g/mol. The lowest BCUT2D eigenvalue weighted by Gasteiger charge is -2.23. The predicted molar refractivity (Wildman–Crippen MR) is 65.7 cm³/mol. The summed E-state index contributed by atoms with van der Waals surface area (Å²) in [5.41, 5.74) is 0. The molecule has 0 aromatic carbocycles. The highest BCUT2D eigenvalue weighted by molar-refractivity contribution is 5.81. The fourth-order valence-electron chi connectivity index (χ4n) is 2.50. The van der Waals surface area contributed by atoms with Gasteiger partial charge < -0.3 is 10.0 Å². The molecule has 0 spiro atoms. The number of carbonyl (C=O) groups is 2. The van der Waals surface area contributed by atoms with Crippen LogP contribution in [0.2, 0.25) is 0 Å². The van der Waals surface area contributed by atoms with E-state index in [4.69, 9.17) is 5.11 Å². The molecule has 1 rings (SSSR count). The summed E-state index contributed by atoms with van der Waals surface area (Å²) >= 11 is 0. The number of nitrogens with zero attached hydrogens (tertiary/aromatic N) is 1. The van der Waals surface area contributed by atoms with Gasteiger partial charge in [-0.2, -0.15) is 0 Å². The van der Waals surface area contributed by atoms with Gasteiger partial charge in [-0.25, -0.2) is 0 Å². The van der Waals surface area contributed by atoms with Crippen LogP contribution in [-0.2, 0) is 9.59 Å². The van der Waals surface area contributed by atoms with Gasteiger partial charge in [0.2, 0.25) is 5.91 Å². The molecule has 17 heavy (non-hydrogen) atoms. The van der Waals surface area contributed by atoms with Gasteiger partial charge in [-0.1, -0.05) is 32.1 Å². The fraction of sp³-hybridized carbons (Fsp3) is 0.846. The molecule has 0 aliphatic heterocycles. The van der Waals surface area contributed by atoms with E-state index < -0.39 is 5.97 Å². The number of aliphatic carboxylic acids is 1. The van der Waals surface area contributed by atoms with Crippen molar-refractivity contribution in [3.8, 4) is 0 Å². The zero-order valence-electron chi connectivity index (χ0n) is 10.7. The fourth-order valence-corrected chi connectivity index (χ4v) is 2.50. The first-order valence-electron chi connectivity index (χ1n) is 6.63. The van der Waals surface area contributed by atoms with Gasteiger partial charge in [0.15, 0.2) is 0 Å². The number of hydrogen-bond donors (Lipinski definition) is 1. The van der Waals surface area contributed by atoms with Crippen LogP contribution in [0.3, 0.4) is 0 Å². The molecule has 0 aromatic heterocycles. The first kappa shape index (κ1) is 14.0. The van der Waals surface area contributed by atoms with Crippen molar-refractivity contribution in [1.29, 1.82) is 0 Å². The predicted octanol–water partition coefficient (Wildman–Crippen LogP) is 2.28. The first-order chi connectivity index (χ1) is 8.13. The standard InChI is InChI=1S/C13H23NO3/c1-2-14(10-13(16)17)12(15)9-8-11-6-4-3-5-7-11/h11H,2-10H2,1H3,(H,16,17). The molecule has 4 heteroatoms. The first-order valence-corrected chi connectivity index (χ1v) is 6.63.